The highest BCUT2D eigenvalue weighted by molar-refractivity contribution is 5.68. The number of anilines is 3. The van der Waals surface area contributed by atoms with Gasteiger partial charge in [-0.3, -0.25) is 4.57 Å². The predicted octanol–water partition coefficient (Wildman–Crippen LogP) is 0.576. The van der Waals surface area contributed by atoms with Gasteiger partial charge in [0.25, 0.3) is 0 Å². The molecule has 0 aliphatic rings. The molecule has 0 amide bonds. The molecule has 1 aromatic heterocycles. The molecule has 4 N–H and O–H groups in total. The Morgan fingerprint density at radius 3 is 2.59 bits per heavy atom. The van der Waals surface area contributed by atoms with E-state index in [2.05, 4.69) is 10.2 Å². The summed E-state index contributed by atoms with van der Waals surface area (Å²) in [5, 5.41) is 26.8. The number of nitrogens with zero attached hydrogens (tertiary/aromatic N) is 4. The molecule has 2 rings (SSSR count). The summed E-state index contributed by atoms with van der Waals surface area (Å²) in [6, 6.07) is 4.68. The van der Waals surface area contributed by atoms with Crippen molar-refractivity contribution in [1.29, 1.82) is 0 Å². The summed E-state index contributed by atoms with van der Waals surface area (Å²) in [5.41, 5.74) is 5.99. The van der Waals surface area contributed by atoms with Crippen molar-refractivity contribution in [2.45, 2.75) is 0 Å². The van der Waals surface area contributed by atoms with Gasteiger partial charge in [0.1, 0.15) is 0 Å². The molecule has 1 aromatic carbocycles. The number of hydrogen-bond acceptors (Lipinski definition) is 6. The molecule has 0 aliphatic heterocycles. The predicted molar refractivity (Wildman–Crippen MR) is 63.3 cm³/mol. The van der Waals surface area contributed by atoms with Crippen LogP contribution in [-0.4, -0.2) is 32.0 Å². The summed E-state index contributed by atoms with van der Waals surface area (Å²) in [6.07, 6.45) is 0. The zero-order chi connectivity index (χ0) is 12.6. The first-order valence-corrected chi connectivity index (χ1v) is 4.92. The van der Waals surface area contributed by atoms with Crippen LogP contribution in [-0.2, 0) is 7.05 Å². The van der Waals surface area contributed by atoms with Crippen molar-refractivity contribution in [2.75, 3.05) is 17.7 Å². The van der Waals surface area contributed by atoms with Gasteiger partial charge in [0.2, 0.25) is 11.9 Å². The van der Waals surface area contributed by atoms with Gasteiger partial charge in [-0.15, -0.1) is 10.2 Å². The molecule has 0 spiro atoms. The fraction of sp³-hybridized carbons (Fsp3) is 0.200. The van der Waals surface area contributed by atoms with E-state index in [1.165, 1.54) is 6.07 Å². The van der Waals surface area contributed by atoms with Gasteiger partial charge in [0.05, 0.1) is 5.69 Å². The number of hydrogen-bond donors (Lipinski definition) is 3. The van der Waals surface area contributed by atoms with Gasteiger partial charge < -0.3 is 20.8 Å². The molecule has 90 valence electrons. The number of aromatic nitrogens is 3. The van der Waals surface area contributed by atoms with Crippen LogP contribution in [0.4, 0.5) is 17.6 Å². The van der Waals surface area contributed by atoms with Crippen LogP contribution in [0.2, 0.25) is 0 Å². The number of para-hydroxylation sites is 1. The maximum atomic E-state index is 9.75. The third kappa shape index (κ3) is 1.71. The normalized spacial score (nSPS) is 10.5. The Labute approximate surface area is 97.7 Å². The maximum absolute atomic E-state index is 9.75. The van der Waals surface area contributed by atoms with Gasteiger partial charge in [-0.1, -0.05) is 6.07 Å². The highest BCUT2D eigenvalue weighted by Gasteiger charge is 2.16. The number of nitrogen functional groups attached to an aromatic ring is 1. The molecule has 0 bridgehead atoms. The number of rotatable bonds is 2. The first-order valence-electron chi connectivity index (χ1n) is 4.92. The maximum Gasteiger partial charge on any atom is 0.232 e. The van der Waals surface area contributed by atoms with Gasteiger partial charge in [-0.05, 0) is 12.1 Å². The second kappa shape index (κ2) is 3.85. The second-order valence-corrected chi connectivity index (χ2v) is 3.62. The fourth-order valence-electron chi connectivity index (χ4n) is 1.52. The highest BCUT2D eigenvalue weighted by atomic mass is 16.3. The minimum Gasteiger partial charge on any atom is -0.504 e. The van der Waals surface area contributed by atoms with Crippen molar-refractivity contribution in [1.82, 2.24) is 14.8 Å². The third-order valence-corrected chi connectivity index (χ3v) is 2.54. The SMILES string of the molecule is CN(c1cccc(O)c1O)c1nnc(N)n1C. The van der Waals surface area contributed by atoms with Crippen LogP contribution in [0.1, 0.15) is 0 Å². The lowest BCUT2D eigenvalue weighted by Gasteiger charge is -2.19. The minimum absolute atomic E-state index is 0.190. The standard InChI is InChI=1S/C10H13N5O2/c1-14(10-13-12-9(11)15(10)2)6-4-3-5-7(16)8(6)17/h3-5,16-17H,1-2H3,(H2,11,12). The van der Waals surface area contributed by atoms with Crippen LogP contribution in [0.15, 0.2) is 18.2 Å². The van der Waals surface area contributed by atoms with E-state index in [4.69, 9.17) is 5.73 Å². The van der Waals surface area contributed by atoms with Crippen LogP contribution in [0.25, 0.3) is 0 Å². The molecule has 0 unspecified atom stereocenters. The van der Waals surface area contributed by atoms with Crippen molar-refractivity contribution in [2.24, 2.45) is 7.05 Å². The van der Waals surface area contributed by atoms with E-state index in [0.29, 0.717) is 11.6 Å². The lowest BCUT2D eigenvalue weighted by Crippen LogP contribution is -2.15. The smallest absolute Gasteiger partial charge is 0.232 e. The van der Waals surface area contributed by atoms with Crippen molar-refractivity contribution in [3.63, 3.8) is 0 Å². The third-order valence-electron chi connectivity index (χ3n) is 2.54. The summed E-state index contributed by atoms with van der Waals surface area (Å²) in [4.78, 5) is 1.58. The molecule has 0 radical (unpaired) electrons. The Morgan fingerprint density at radius 1 is 1.29 bits per heavy atom. The van der Waals surface area contributed by atoms with Gasteiger partial charge in [0.15, 0.2) is 11.5 Å². The van der Waals surface area contributed by atoms with Crippen LogP contribution >= 0.6 is 0 Å². The van der Waals surface area contributed by atoms with Crippen LogP contribution < -0.4 is 10.6 Å². The Balaban J connectivity index is 2.47. The number of nitrogens with two attached hydrogens (primary N) is 1. The molecular formula is C10H13N5O2. The van der Waals surface area contributed by atoms with E-state index in [1.807, 2.05) is 0 Å². The lowest BCUT2D eigenvalue weighted by molar-refractivity contribution is 0.404. The quantitative estimate of drug-likeness (QED) is 0.658. The van der Waals surface area contributed by atoms with Crippen LogP contribution in [0.3, 0.4) is 0 Å². The molecule has 0 saturated heterocycles. The second-order valence-electron chi connectivity index (χ2n) is 3.62. The van der Waals surface area contributed by atoms with Crippen molar-refractivity contribution < 1.29 is 10.2 Å². The largest absolute Gasteiger partial charge is 0.504 e. The van der Waals surface area contributed by atoms with Gasteiger partial charge in [-0.25, -0.2) is 0 Å². The van der Waals surface area contributed by atoms with E-state index < -0.39 is 0 Å². The summed E-state index contributed by atoms with van der Waals surface area (Å²) in [5.74, 6) is 0.330. The highest BCUT2D eigenvalue weighted by Crippen LogP contribution is 2.37. The first kappa shape index (κ1) is 11.1. The first-order chi connectivity index (χ1) is 8.02. The Kier molecular flexibility index (Phi) is 2.51. The van der Waals surface area contributed by atoms with E-state index in [9.17, 15) is 10.2 Å². The number of benzene rings is 1. The molecule has 0 atom stereocenters. The van der Waals surface area contributed by atoms with E-state index in [-0.39, 0.29) is 17.4 Å². The van der Waals surface area contributed by atoms with Crippen molar-refractivity contribution in [3.8, 4) is 11.5 Å². The minimum atomic E-state index is -0.212. The number of phenols is 2. The molecule has 0 saturated carbocycles. The molecule has 7 nitrogen and oxygen atoms in total. The zero-order valence-corrected chi connectivity index (χ0v) is 9.49. The number of phenolic OH excluding ortho intramolecular Hbond substituents is 2. The van der Waals surface area contributed by atoms with Crippen molar-refractivity contribution in [3.05, 3.63) is 18.2 Å². The fourth-order valence-corrected chi connectivity index (χ4v) is 1.52. The molecule has 0 aliphatic carbocycles. The molecule has 1 heterocycles. The molecular weight excluding hydrogens is 222 g/mol. The zero-order valence-electron chi connectivity index (χ0n) is 9.49. The Morgan fingerprint density at radius 2 is 2.00 bits per heavy atom. The summed E-state index contributed by atoms with van der Waals surface area (Å²) >= 11 is 0. The Hall–Kier alpha value is -2.44. The molecule has 0 fully saturated rings. The Bertz CT molecular complexity index is 552. The van der Waals surface area contributed by atoms with Gasteiger partial charge in [-0.2, -0.15) is 0 Å². The van der Waals surface area contributed by atoms with Crippen LogP contribution in [0.5, 0.6) is 11.5 Å². The monoisotopic (exact) mass is 235 g/mol. The number of aromatic hydroxyl groups is 2. The molecule has 17 heavy (non-hydrogen) atoms. The topological polar surface area (TPSA) is 100 Å². The summed E-state index contributed by atoms with van der Waals surface area (Å²) in [7, 11) is 3.40. The van der Waals surface area contributed by atoms with E-state index in [1.54, 1.807) is 35.7 Å². The summed E-state index contributed by atoms with van der Waals surface area (Å²) in [6.45, 7) is 0. The molecule has 7 heteroatoms. The van der Waals surface area contributed by atoms with Gasteiger partial charge in [0, 0.05) is 14.1 Å². The van der Waals surface area contributed by atoms with E-state index in [0.717, 1.165) is 0 Å². The van der Waals surface area contributed by atoms with Crippen molar-refractivity contribution >= 4 is 17.6 Å². The van der Waals surface area contributed by atoms with Gasteiger partial charge >= 0.3 is 0 Å². The molecule has 2 aromatic rings. The summed E-state index contributed by atoms with van der Waals surface area (Å²) < 4.78 is 1.57. The van der Waals surface area contributed by atoms with Crippen LogP contribution in [0, 0.1) is 0 Å². The average Bonchev–Trinajstić information content (AvgIpc) is 2.63. The van der Waals surface area contributed by atoms with E-state index >= 15 is 0 Å². The lowest BCUT2D eigenvalue weighted by atomic mass is 10.2. The average molecular weight is 235 g/mol.